The molecule has 0 spiro atoms. The van der Waals surface area contributed by atoms with Crippen LogP contribution in [-0.2, 0) is 32.6 Å². The Morgan fingerprint density at radius 1 is 0.850 bits per heavy atom. The van der Waals surface area contributed by atoms with Crippen molar-refractivity contribution in [1.82, 2.24) is 4.90 Å². The van der Waals surface area contributed by atoms with Gasteiger partial charge in [-0.05, 0) is 111 Å². The van der Waals surface area contributed by atoms with Gasteiger partial charge in [-0.15, -0.1) is 0 Å². The normalized spacial score (nSPS) is 19.6. The van der Waals surface area contributed by atoms with Crippen LogP contribution in [0.15, 0.2) is 28.7 Å². The van der Waals surface area contributed by atoms with Crippen LogP contribution in [0.5, 0.6) is 0 Å². The van der Waals surface area contributed by atoms with Crippen molar-refractivity contribution in [2.24, 2.45) is 0 Å². The molecule has 216 valence electrons. The van der Waals surface area contributed by atoms with Gasteiger partial charge in [0.15, 0.2) is 0 Å². The van der Waals surface area contributed by atoms with Gasteiger partial charge in [-0.2, -0.15) is 0 Å². The minimum atomic E-state index is -0.559. The summed E-state index contributed by atoms with van der Waals surface area (Å²) in [4.78, 5) is 15.2. The van der Waals surface area contributed by atoms with Crippen molar-refractivity contribution in [3.63, 3.8) is 0 Å². The van der Waals surface area contributed by atoms with Crippen molar-refractivity contribution in [1.29, 1.82) is 0 Å². The van der Waals surface area contributed by atoms with E-state index in [9.17, 15) is 20.1 Å². The van der Waals surface area contributed by atoms with Crippen molar-refractivity contribution < 1.29 is 29.4 Å². The number of carbonyl (C=O) groups excluding carboxylic acids is 1. The third kappa shape index (κ3) is 4.97. The molecule has 2 heterocycles. The van der Waals surface area contributed by atoms with Gasteiger partial charge in [0.05, 0.1) is 11.2 Å². The number of halogens is 1. The van der Waals surface area contributed by atoms with Crippen molar-refractivity contribution in [3.8, 4) is 11.1 Å². The van der Waals surface area contributed by atoms with E-state index < -0.39 is 23.7 Å². The van der Waals surface area contributed by atoms with E-state index >= 15 is 0 Å². The van der Waals surface area contributed by atoms with Crippen LogP contribution in [0.2, 0.25) is 0 Å². The maximum absolute atomic E-state index is 13.3. The predicted octanol–water partition coefficient (Wildman–Crippen LogP) is 4.17. The quantitative estimate of drug-likeness (QED) is 0.348. The van der Waals surface area contributed by atoms with Crippen molar-refractivity contribution in [2.75, 3.05) is 19.8 Å². The highest BCUT2D eigenvalue weighted by molar-refractivity contribution is 9.10. The Hall–Kier alpha value is -1.75. The zero-order valence-corrected chi connectivity index (χ0v) is 25.6. The van der Waals surface area contributed by atoms with E-state index in [1.165, 1.54) is 11.1 Å². The summed E-state index contributed by atoms with van der Waals surface area (Å²) in [5.41, 5.74) is 6.34. The number of benzene rings is 2. The molecule has 1 aliphatic carbocycles. The molecule has 0 unspecified atom stereocenters. The number of aliphatic hydroxyl groups excluding tert-OH is 3. The van der Waals surface area contributed by atoms with Crippen molar-refractivity contribution >= 4 is 34.4 Å². The van der Waals surface area contributed by atoms with E-state index in [4.69, 9.17) is 9.31 Å². The lowest BCUT2D eigenvalue weighted by molar-refractivity contribution is -0.132. The van der Waals surface area contributed by atoms with Crippen LogP contribution in [0.25, 0.3) is 11.1 Å². The van der Waals surface area contributed by atoms with Crippen LogP contribution < -0.4 is 5.46 Å². The highest BCUT2D eigenvalue weighted by atomic mass is 79.9. The number of rotatable bonds is 10. The van der Waals surface area contributed by atoms with E-state index in [1.807, 2.05) is 32.6 Å². The molecule has 5 rings (SSSR count). The summed E-state index contributed by atoms with van der Waals surface area (Å²) in [5, 5.41) is 29.2. The molecule has 0 atom stereocenters. The lowest BCUT2D eigenvalue weighted by atomic mass is 9.68. The number of carbonyl (C=O) groups is 1. The minimum Gasteiger partial charge on any atom is -0.399 e. The van der Waals surface area contributed by atoms with Crippen LogP contribution in [0.4, 0.5) is 0 Å². The summed E-state index contributed by atoms with van der Waals surface area (Å²) in [6, 6.07) is 8.66. The molecular formula is C31H41BBrNO6. The molecule has 0 saturated carbocycles. The molecule has 3 aliphatic rings. The van der Waals surface area contributed by atoms with Gasteiger partial charge in [-0.25, -0.2) is 0 Å². The Labute approximate surface area is 246 Å². The summed E-state index contributed by atoms with van der Waals surface area (Å²) in [5.74, 6) is 0.0179. The van der Waals surface area contributed by atoms with Gasteiger partial charge < -0.3 is 29.5 Å². The fourth-order valence-electron chi connectivity index (χ4n) is 6.70. The van der Waals surface area contributed by atoms with Crippen LogP contribution in [0.3, 0.4) is 0 Å². The fourth-order valence-corrected chi connectivity index (χ4v) is 7.21. The van der Waals surface area contributed by atoms with Crippen molar-refractivity contribution in [2.45, 2.75) is 95.9 Å². The molecule has 7 nitrogen and oxygen atoms in total. The van der Waals surface area contributed by atoms with E-state index in [-0.39, 0.29) is 25.7 Å². The number of aliphatic hydroxyl groups is 3. The number of hydrogen-bond donors (Lipinski definition) is 3. The predicted molar refractivity (Wildman–Crippen MR) is 159 cm³/mol. The Morgan fingerprint density at radius 2 is 1.38 bits per heavy atom. The lowest BCUT2D eigenvalue weighted by Gasteiger charge is -2.34. The zero-order valence-electron chi connectivity index (χ0n) is 24.1. The van der Waals surface area contributed by atoms with Gasteiger partial charge >= 0.3 is 7.12 Å². The Morgan fingerprint density at radius 3 is 1.93 bits per heavy atom. The van der Waals surface area contributed by atoms with Gasteiger partial charge in [-0.3, -0.25) is 4.79 Å². The molecule has 40 heavy (non-hydrogen) atoms. The molecule has 0 bridgehead atoms. The molecule has 2 aromatic carbocycles. The fraction of sp³-hybridized carbons (Fsp3) is 0.581. The highest BCUT2D eigenvalue weighted by Crippen LogP contribution is 2.57. The second kappa shape index (κ2) is 11.2. The molecule has 1 saturated heterocycles. The van der Waals surface area contributed by atoms with Gasteiger partial charge in [-0.1, -0.05) is 28.1 Å². The van der Waals surface area contributed by atoms with E-state index in [1.54, 1.807) is 0 Å². The average Bonchev–Trinajstić information content (AvgIpc) is 3.21. The van der Waals surface area contributed by atoms with E-state index in [0.717, 1.165) is 45.0 Å². The third-order valence-corrected chi connectivity index (χ3v) is 9.84. The molecule has 0 radical (unpaired) electrons. The number of amides is 1. The summed E-state index contributed by atoms with van der Waals surface area (Å²) in [6.07, 6.45) is 3.48. The molecule has 3 N–H and O–H groups in total. The summed E-state index contributed by atoms with van der Waals surface area (Å²) in [6.45, 7) is 9.26. The number of hydrogen-bond acceptors (Lipinski definition) is 6. The van der Waals surface area contributed by atoms with Crippen LogP contribution in [-0.4, -0.2) is 64.3 Å². The Kier molecular flexibility index (Phi) is 8.29. The molecule has 2 aliphatic heterocycles. The highest BCUT2D eigenvalue weighted by Gasteiger charge is 2.53. The first-order valence-electron chi connectivity index (χ1n) is 14.4. The minimum absolute atomic E-state index is 0.0170. The third-order valence-electron chi connectivity index (χ3n) is 9.38. The maximum Gasteiger partial charge on any atom is 0.494 e. The first kappa shape index (κ1) is 29.7. The molecule has 2 aromatic rings. The largest absolute Gasteiger partial charge is 0.494 e. The standard InChI is InChI=1S/C31H41BBrNO6/c1-29(2)30(3,4)40-32(39-29)22-14-20-18-34(26(38)8-5-11-35)19-21-15-23(33)17-25-28(21)27(20)24(16-22)31(25,9-6-12-36)10-7-13-37/h14-17,35-37H,5-13,18-19H2,1-4H3. The van der Waals surface area contributed by atoms with E-state index in [0.29, 0.717) is 38.8 Å². The first-order chi connectivity index (χ1) is 19.0. The van der Waals surface area contributed by atoms with Crippen molar-refractivity contribution in [3.05, 3.63) is 51.0 Å². The summed E-state index contributed by atoms with van der Waals surface area (Å²) in [7, 11) is -0.559. The smallest absolute Gasteiger partial charge is 0.399 e. The van der Waals surface area contributed by atoms with Gasteiger partial charge in [0.25, 0.3) is 0 Å². The maximum atomic E-state index is 13.3. The van der Waals surface area contributed by atoms with Gasteiger partial charge in [0.2, 0.25) is 5.91 Å². The molecule has 1 amide bonds. The molecule has 9 heteroatoms. The van der Waals surface area contributed by atoms with Crippen LogP contribution in [0.1, 0.15) is 88.5 Å². The lowest BCUT2D eigenvalue weighted by Crippen LogP contribution is -2.41. The second-order valence-corrected chi connectivity index (χ2v) is 13.4. The second-order valence-electron chi connectivity index (χ2n) is 12.5. The molecular weight excluding hydrogens is 573 g/mol. The van der Waals surface area contributed by atoms with Crippen LogP contribution in [0, 0.1) is 0 Å². The summed E-state index contributed by atoms with van der Waals surface area (Å²) >= 11 is 3.75. The monoisotopic (exact) mass is 613 g/mol. The molecule has 1 fully saturated rings. The number of nitrogens with zero attached hydrogens (tertiary/aromatic N) is 1. The summed E-state index contributed by atoms with van der Waals surface area (Å²) < 4.78 is 13.9. The van der Waals surface area contributed by atoms with Gasteiger partial charge in [0, 0.05) is 49.2 Å². The van der Waals surface area contributed by atoms with Crippen LogP contribution >= 0.6 is 15.9 Å². The molecule has 0 aromatic heterocycles. The average molecular weight is 614 g/mol. The van der Waals surface area contributed by atoms with Gasteiger partial charge in [0.1, 0.15) is 0 Å². The SMILES string of the molecule is CC1(C)OB(c2cc3c4c(c2)C(CCCO)(CCCO)c2cc(Br)cc(c2-4)CN(C(=O)CCCO)C3)OC1(C)C. The Bertz CT molecular complexity index is 1270. The zero-order chi connectivity index (χ0) is 28.9. The Balaban J connectivity index is 1.74. The first-order valence-corrected chi connectivity index (χ1v) is 15.2. The van der Waals surface area contributed by atoms with E-state index in [2.05, 4.69) is 40.2 Å². The topological polar surface area (TPSA) is 99.5 Å².